The summed E-state index contributed by atoms with van der Waals surface area (Å²) in [7, 11) is 0. The molecule has 0 aliphatic carbocycles. The Morgan fingerprint density at radius 1 is 0.560 bits per heavy atom. The van der Waals surface area contributed by atoms with Crippen LogP contribution in [0.3, 0.4) is 0 Å². The Kier molecular flexibility index (Phi) is 23.1. The zero-order valence-corrected chi connectivity index (χ0v) is 47.9. The third-order valence-electron chi connectivity index (χ3n) is 10.9. The van der Waals surface area contributed by atoms with Crippen molar-refractivity contribution in [1.29, 1.82) is 0 Å². The maximum Gasteiger partial charge on any atom is 1.00 e. The maximum absolute atomic E-state index is 12.2. The summed E-state index contributed by atoms with van der Waals surface area (Å²) in [5.74, 6) is 3.24. The minimum Gasteiger partial charge on any atom is -0.850 e. The van der Waals surface area contributed by atoms with Gasteiger partial charge in [0.15, 0.2) is 0 Å². The zero-order valence-electron chi connectivity index (χ0n) is 43.8. The molecular formula is C59H63Br2N6NaO7. The number of fused-ring (bicyclic) bond motifs is 6. The van der Waals surface area contributed by atoms with E-state index in [1.807, 2.05) is 66.6 Å². The van der Waals surface area contributed by atoms with Crippen LogP contribution in [0.25, 0.3) is 55.2 Å². The molecule has 2 amide bonds. The quantitative estimate of drug-likeness (QED) is 0.0467. The van der Waals surface area contributed by atoms with E-state index in [1.54, 1.807) is 91.1 Å². The number of hydrogen-bond acceptors (Lipinski definition) is 8. The number of anilines is 2. The van der Waals surface area contributed by atoms with Gasteiger partial charge in [-0.05, 0) is 141 Å². The largest absolute Gasteiger partial charge is 1.00 e. The molecule has 0 saturated carbocycles. The molecule has 0 aliphatic heterocycles. The first-order valence-electron chi connectivity index (χ1n) is 23.3. The van der Waals surface area contributed by atoms with Crippen molar-refractivity contribution in [2.24, 2.45) is 0 Å². The van der Waals surface area contributed by atoms with Gasteiger partial charge in [0.1, 0.15) is 35.3 Å². The van der Waals surface area contributed by atoms with Crippen LogP contribution in [0.5, 0.6) is 17.2 Å². The van der Waals surface area contributed by atoms with Crippen molar-refractivity contribution in [3.63, 3.8) is 0 Å². The second-order valence-electron chi connectivity index (χ2n) is 17.7. The molecule has 4 heterocycles. The summed E-state index contributed by atoms with van der Waals surface area (Å²) in [6, 6.07) is 46.5. The average Bonchev–Trinajstić information content (AvgIpc) is 3.87. The molecule has 386 valence electrons. The van der Waals surface area contributed by atoms with Crippen molar-refractivity contribution in [3.05, 3.63) is 185 Å². The number of benzene rings is 6. The number of rotatable bonds is 6. The van der Waals surface area contributed by atoms with Gasteiger partial charge in [-0.1, -0.05) is 115 Å². The number of aryl methyl sites for hydroxylation is 4. The minimum atomic E-state index is -0.750. The summed E-state index contributed by atoms with van der Waals surface area (Å²) >= 11 is 6.50. The van der Waals surface area contributed by atoms with E-state index in [0.29, 0.717) is 11.4 Å². The van der Waals surface area contributed by atoms with Crippen LogP contribution in [0, 0.1) is 27.7 Å². The van der Waals surface area contributed by atoms with E-state index in [0.717, 1.165) is 60.2 Å². The average molecular weight is 1150 g/mol. The monoisotopic (exact) mass is 1150 g/mol. The van der Waals surface area contributed by atoms with Gasteiger partial charge in [-0.3, -0.25) is 18.7 Å². The van der Waals surface area contributed by atoms with Crippen molar-refractivity contribution in [1.82, 2.24) is 19.1 Å². The van der Waals surface area contributed by atoms with Gasteiger partial charge in [-0.15, -0.1) is 5.60 Å². The molecule has 10 aromatic rings. The number of hydrogen-bond donors (Lipinski definition) is 5. The van der Waals surface area contributed by atoms with E-state index in [-0.39, 0.29) is 60.7 Å². The van der Waals surface area contributed by atoms with Gasteiger partial charge in [0.05, 0.1) is 22.1 Å². The smallest absolute Gasteiger partial charge is 0.850 e. The van der Waals surface area contributed by atoms with Gasteiger partial charge in [-0.2, -0.15) is 0 Å². The first kappa shape index (κ1) is 61.0. The molecule has 0 spiro atoms. The van der Waals surface area contributed by atoms with Crippen LogP contribution < -0.4 is 45.3 Å². The van der Waals surface area contributed by atoms with E-state index in [2.05, 4.69) is 116 Å². The van der Waals surface area contributed by atoms with Gasteiger partial charge in [0, 0.05) is 55.9 Å². The van der Waals surface area contributed by atoms with Crippen LogP contribution in [0.2, 0.25) is 0 Å². The number of phenols is 3. The fraction of sp³-hybridized carbons (Fsp3) is 0.186. The Balaban J connectivity index is 0.000000276. The molecule has 0 atom stereocenters. The van der Waals surface area contributed by atoms with Crippen molar-refractivity contribution in [3.8, 4) is 28.9 Å². The molecular weight excluding hydrogens is 1090 g/mol. The summed E-state index contributed by atoms with van der Waals surface area (Å²) in [6.45, 7) is 12.0. The number of alkyl halides is 1. The van der Waals surface area contributed by atoms with Crippen molar-refractivity contribution in [2.45, 2.75) is 67.9 Å². The Bertz CT molecular complexity index is 3240. The van der Waals surface area contributed by atoms with Crippen LogP contribution in [-0.2, 0) is 9.59 Å². The van der Waals surface area contributed by atoms with E-state index >= 15 is 0 Å². The number of aromatic nitrogens is 4. The normalized spacial score (nSPS) is 10.4. The second kappa shape index (κ2) is 28.4. The van der Waals surface area contributed by atoms with Crippen LogP contribution in [0.4, 0.5) is 11.4 Å². The Morgan fingerprint density at radius 3 is 1.29 bits per heavy atom. The van der Waals surface area contributed by atoms with E-state index < -0.39 is 17.4 Å². The molecule has 0 aliphatic rings. The maximum atomic E-state index is 12.2. The summed E-state index contributed by atoms with van der Waals surface area (Å²) in [5.41, 5.74) is 14.0. The first-order chi connectivity index (χ1) is 35.4. The number of nitrogens with zero attached hydrogens (tertiary/aromatic N) is 4. The van der Waals surface area contributed by atoms with E-state index in [9.17, 15) is 30.0 Å². The first-order valence-corrected chi connectivity index (χ1v) is 25.3. The standard InChI is InChI=1S/C19H22N2O4.C17H11BrN2.C17H12N2O.C4H9O.CH3Br.CH4.Na.H2O/c1-10-5-14(22)6-11(2)18(10)20-16(24)9-17(25)21-19-12(3)7-15(23)8-13(19)4;18-12-8-9-14-13-5-1-2-6-15(13)20(16(14)11-12)17-7-3-4-10-19-17;20-12-8-9-14-13-5-1-2-6-15(13)19(16(14)11-12)17-7-3-4-10-18-17;1-4(2,3)5;1-2;;;/h5-8,22-23H,9H2,1-4H3,(H,20,24)(H,21,25);1-11H;1-11,20H;1-3H3;1H3;1H4;;1H2/q;;;-1;;;+1;/i/hD. The summed E-state index contributed by atoms with van der Waals surface area (Å²) < 4.78 is 10.1. The Hall–Kier alpha value is -6.56. The third-order valence-corrected chi connectivity index (χ3v) is 11.4. The van der Waals surface area contributed by atoms with Gasteiger partial charge in [-0.25, -0.2) is 9.97 Å². The zero-order chi connectivity index (χ0) is 54.3. The van der Waals surface area contributed by atoms with Gasteiger partial charge < -0.3 is 36.5 Å². The Labute approximate surface area is 478 Å². The van der Waals surface area contributed by atoms with Crippen LogP contribution in [0.15, 0.2) is 162 Å². The molecule has 0 saturated heterocycles. The predicted molar refractivity (Wildman–Crippen MR) is 309 cm³/mol. The van der Waals surface area contributed by atoms with Crippen molar-refractivity contribution >= 4 is 98.7 Å². The number of amides is 2. The number of carbonyl (C=O) groups is 2. The summed E-state index contributed by atoms with van der Waals surface area (Å²) in [4.78, 5) is 33.2. The molecule has 0 fully saturated rings. The van der Waals surface area contributed by atoms with Crippen molar-refractivity contribution in [2.75, 3.05) is 16.5 Å². The molecule has 0 radical (unpaired) electrons. The summed E-state index contributed by atoms with van der Waals surface area (Å²) in [5, 5.41) is 49.2. The minimum absolute atomic E-state index is 0. The number of halogens is 2. The number of carbonyl (C=O) groups excluding carboxylic acids is 2. The topological polar surface area (TPSA) is 209 Å². The van der Waals surface area contributed by atoms with Gasteiger partial charge >= 0.3 is 29.6 Å². The molecule has 4 aromatic heterocycles. The number of aromatic hydroxyl groups is 3. The van der Waals surface area contributed by atoms with Crippen LogP contribution in [-0.4, -0.2) is 63.1 Å². The van der Waals surface area contributed by atoms with Crippen molar-refractivity contribution < 1.29 is 66.5 Å². The molecule has 6 aromatic carbocycles. The van der Waals surface area contributed by atoms with E-state index in [4.69, 9.17) is 6.91 Å². The molecule has 75 heavy (non-hydrogen) atoms. The fourth-order valence-corrected chi connectivity index (χ4v) is 8.51. The predicted octanol–water partition coefficient (Wildman–Crippen LogP) is 10.1. The Morgan fingerprint density at radius 2 is 0.907 bits per heavy atom. The number of pyridine rings is 2. The summed E-state index contributed by atoms with van der Waals surface area (Å²) in [6.07, 6.45) is 3.27. The van der Waals surface area contributed by atoms with E-state index in [1.165, 1.54) is 21.8 Å². The molecule has 7 N–H and O–H groups in total. The fourth-order valence-electron chi connectivity index (χ4n) is 8.16. The van der Waals surface area contributed by atoms with Crippen LogP contribution >= 0.6 is 31.9 Å². The second-order valence-corrected chi connectivity index (χ2v) is 18.7. The van der Waals surface area contributed by atoms with Gasteiger partial charge in [0.2, 0.25) is 13.2 Å². The third kappa shape index (κ3) is 16.2. The molecule has 0 bridgehead atoms. The SMILES string of the molecule is Brc1ccc2c3ccccc3n(-c3ccccn3)c2c1.C.CBr.CC(C)(C)[O-].Cc1cc(O)cc(C)c1NC(=O)CC(=O)Nc1c(C)cc(O)cc1C.Oc1ccc2c3ccccc3n(-c3ccccn3)c2c1.[2H]O.[Na+]. The molecule has 13 nitrogen and oxygen atoms in total. The molecule has 10 rings (SSSR count). The molecule has 0 unspecified atom stereocenters. The number of phenolic OH excluding ortho intramolecular Hbond substituents is 3. The van der Waals surface area contributed by atoms with Crippen LogP contribution in [0.1, 0.15) is 58.3 Å². The number of nitrogens with one attached hydrogen (secondary N) is 2. The molecule has 16 heteroatoms. The number of para-hydroxylation sites is 2. The van der Waals surface area contributed by atoms with Gasteiger partial charge in [0.25, 0.3) is 0 Å².